The summed E-state index contributed by atoms with van der Waals surface area (Å²) in [5.74, 6) is 2.05. The van der Waals surface area contributed by atoms with E-state index in [9.17, 15) is 4.79 Å². The van der Waals surface area contributed by atoms with Crippen molar-refractivity contribution >= 4 is 17.6 Å². The molecule has 3 aromatic carbocycles. The first-order chi connectivity index (χ1) is 14.9. The lowest BCUT2D eigenvalue weighted by molar-refractivity contribution is -0.138. The highest BCUT2D eigenvalue weighted by atomic mass is 35.5. The lowest BCUT2D eigenvalue weighted by Crippen LogP contribution is -2.30. The van der Waals surface area contributed by atoms with E-state index in [4.69, 9.17) is 26.2 Å². The first-order valence-corrected chi connectivity index (χ1v) is 10.5. The number of ether oxygens (including phenoxy) is 2. The minimum Gasteiger partial charge on any atom is -0.480 e. The van der Waals surface area contributed by atoms with Crippen LogP contribution in [0.25, 0.3) is 0 Å². The van der Waals surface area contributed by atoms with Gasteiger partial charge in [-0.15, -0.1) is 0 Å². The summed E-state index contributed by atoms with van der Waals surface area (Å²) in [7, 11) is 1.82. The molecule has 1 unspecified atom stereocenters. The van der Waals surface area contributed by atoms with E-state index in [2.05, 4.69) is 6.92 Å². The summed E-state index contributed by atoms with van der Waals surface area (Å²) in [6.07, 6.45) is 0.788. The molecule has 3 rings (SSSR count). The van der Waals surface area contributed by atoms with Crippen molar-refractivity contribution < 1.29 is 19.4 Å². The van der Waals surface area contributed by atoms with Crippen LogP contribution in [0.4, 0.5) is 0 Å². The maximum absolute atomic E-state index is 10.9. The number of aliphatic carboxylic acids is 1. The smallest absolute Gasteiger partial charge is 0.317 e. The molecular formula is C25H26ClNO4. The zero-order chi connectivity index (χ0) is 22.2. The van der Waals surface area contributed by atoms with Crippen LogP contribution in [0.3, 0.4) is 0 Å². The third-order valence-electron chi connectivity index (χ3n) is 4.63. The van der Waals surface area contributed by atoms with Crippen molar-refractivity contribution in [3.8, 4) is 23.0 Å². The molecule has 0 radical (unpaired) electrons. The average Bonchev–Trinajstić information content (AvgIpc) is 2.71. The van der Waals surface area contributed by atoms with Crippen molar-refractivity contribution in [3.05, 3.63) is 83.4 Å². The van der Waals surface area contributed by atoms with E-state index in [-0.39, 0.29) is 12.5 Å². The average molecular weight is 440 g/mol. The summed E-state index contributed by atoms with van der Waals surface area (Å²) in [5.41, 5.74) is 1.09. The molecule has 0 aromatic heterocycles. The van der Waals surface area contributed by atoms with Crippen molar-refractivity contribution in [1.29, 1.82) is 0 Å². The molecule has 0 saturated carbocycles. The predicted molar refractivity (Wildman–Crippen MR) is 122 cm³/mol. The molecule has 0 saturated heterocycles. The SMILES string of the molecule is CC(Cc1ccc(Oc2ccc(Cl)cc2)c(Oc2ccccc2)c1)CN(C)CC(=O)O. The van der Waals surface area contributed by atoms with Crippen LogP contribution in [0.1, 0.15) is 12.5 Å². The number of carboxylic acid groups (broad SMARTS) is 1. The first-order valence-electron chi connectivity index (χ1n) is 10.1. The van der Waals surface area contributed by atoms with E-state index < -0.39 is 5.97 Å². The third kappa shape index (κ3) is 7.31. The lowest BCUT2D eigenvalue weighted by atomic mass is 10.00. The molecule has 31 heavy (non-hydrogen) atoms. The molecule has 3 aromatic rings. The van der Waals surface area contributed by atoms with E-state index in [1.165, 1.54) is 0 Å². The maximum Gasteiger partial charge on any atom is 0.317 e. The fourth-order valence-corrected chi connectivity index (χ4v) is 3.51. The van der Waals surface area contributed by atoms with Gasteiger partial charge in [-0.1, -0.05) is 42.8 Å². The first kappa shape index (κ1) is 22.7. The van der Waals surface area contributed by atoms with Crippen LogP contribution in [0.2, 0.25) is 5.02 Å². The van der Waals surface area contributed by atoms with Gasteiger partial charge in [0.2, 0.25) is 0 Å². The number of likely N-dealkylation sites (N-methyl/N-ethyl adjacent to an activating group) is 1. The van der Waals surface area contributed by atoms with Gasteiger partial charge in [-0.25, -0.2) is 0 Å². The van der Waals surface area contributed by atoms with E-state index in [0.717, 1.165) is 17.7 Å². The standard InChI is InChI=1S/C25H26ClNO4/c1-18(16-27(2)17-25(28)29)14-19-8-13-23(30-22-11-9-20(26)10-12-22)24(15-19)31-21-6-4-3-5-7-21/h3-13,15,18H,14,16-17H2,1-2H3,(H,28,29). The minimum absolute atomic E-state index is 0.0284. The number of benzene rings is 3. The summed E-state index contributed by atoms with van der Waals surface area (Å²) in [6, 6.07) is 22.6. The molecule has 0 heterocycles. The van der Waals surface area contributed by atoms with Crippen LogP contribution in [-0.2, 0) is 11.2 Å². The normalized spacial score (nSPS) is 11.9. The minimum atomic E-state index is -0.822. The topological polar surface area (TPSA) is 59.0 Å². The van der Waals surface area contributed by atoms with Crippen LogP contribution in [0.5, 0.6) is 23.0 Å². The molecular weight excluding hydrogens is 414 g/mol. The second-order valence-electron chi connectivity index (χ2n) is 7.65. The number of carbonyl (C=O) groups is 1. The van der Waals surface area contributed by atoms with Gasteiger partial charge in [0.1, 0.15) is 11.5 Å². The molecule has 0 aliphatic heterocycles. The number of carboxylic acids is 1. The maximum atomic E-state index is 10.9. The fourth-order valence-electron chi connectivity index (χ4n) is 3.38. The Hall–Kier alpha value is -3.02. The molecule has 0 aliphatic rings. The Balaban J connectivity index is 1.79. The summed E-state index contributed by atoms with van der Waals surface area (Å²) in [6.45, 7) is 2.82. The van der Waals surface area contributed by atoms with Crippen LogP contribution in [0, 0.1) is 5.92 Å². The molecule has 5 nitrogen and oxygen atoms in total. The number of hydrogen-bond acceptors (Lipinski definition) is 4. The molecule has 0 fully saturated rings. The Kier molecular flexibility index (Phi) is 7.93. The van der Waals surface area contributed by atoms with Gasteiger partial charge in [0.25, 0.3) is 0 Å². The molecule has 1 atom stereocenters. The van der Waals surface area contributed by atoms with Gasteiger partial charge in [-0.2, -0.15) is 0 Å². The molecule has 0 spiro atoms. The van der Waals surface area contributed by atoms with E-state index in [1.807, 2.05) is 72.6 Å². The number of para-hydroxylation sites is 1. The van der Waals surface area contributed by atoms with Crippen LogP contribution >= 0.6 is 11.6 Å². The second kappa shape index (κ2) is 10.8. The van der Waals surface area contributed by atoms with Crippen LogP contribution in [-0.4, -0.2) is 36.1 Å². The fraction of sp³-hybridized carbons (Fsp3) is 0.240. The van der Waals surface area contributed by atoms with Crippen molar-refractivity contribution in [2.24, 2.45) is 5.92 Å². The summed E-state index contributed by atoms with van der Waals surface area (Å²) in [5, 5.41) is 9.59. The molecule has 162 valence electrons. The third-order valence-corrected chi connectivity index (χ3v) is 4.89. The van der Waals surface area contributed by atoms with Crippen molar-refractivity contribution in [3.63, 3.8) is 0 Å². The van der Waals surface area contributed by atoms with Gasteiger partial charge in [0.05, 0.1) is 6.54 Å². The quantitative estimate of drug-likeness (QED) is 0.412. The van der Waals surface area contributed by atoms with Crippen LogP contribution in [0.15, 0.2) is 72.8 Å². The number of hydrogen-bond donors (Lipinski definition) is 1. The highest BCUT2D eigenvalue weighted by Crippen LogP contribution is 2.36. The molecule has 1 N–H and O–H groups in total. The highest BCUT2D eigenvalue weighted by molar-refractivity contribution is 6.30. The molecule has 0 amide bonds. The highest BCUT2D eigenvalue weighted by Gasteiger charge is 2.14. The van der Waals surface area contributed by atoms with E-state index in [1.54, 1.807) is 12.1 Å². The Morgan fingerprint density at radius 2 is 1.61 bits per heavy atom. The van der Waals surface area contributed by atoms with E-state index >= 15 is 0 Å². The van der Waals surface area contributed by atoms with Crippen molar-refractivity contribution in [2.45, 2.75) is 13.3 Å². The number of nitrogens with zero attached hydrogens (tertiary/aromatic N) is 1. The summed E-state index contributed by atoms with van der Waals surface area (Å²) >= 11 is 5.97. The Labute approximate surface area is 187 Å². The molecule has 0 bridgehead atoms. The summed E-state index contributed by atoms with van der Waals surface area (Å²) in [4.78, 5) is 12.7. The predicted octanol–water partition coefficient (Wildman–Crippen LogP) is 6.12. The largest absolute Gasteiger partial charge is 0.480 e. The summed E-state index contributed by atoms with van der Waals surface area (Å²) < 4.78 is 12.2. The zero-order valence-corrected chi connectivity index (χ0v) is 18.4. The van der Waals surface area contributed by atoms with Gasteiger partial charge >= 0.3 is 5.97 Å². The number of rotatable bonds is 10. The van der Waals surface area contributed by atoms with Gasteiger partial charge in [0, 0.05) is 11.6 Å². The van der Waals surface area contributed by atoms with Gasteiger partial charge in [-0.3, -0.25) is 9.69 Å². The van der Waals surface area contributed by atoms with E-state index in [0.29, 0.717) is 28.8 Å². The lowest BCUT2D eigenvalue weighted by Gasteiger charge is -2.20. The molecule has 6 heteroatoms. The van der Waals surface area contributed by atoms with Gasteiger partial charge in [-0.05, 0) is 73.5 Å². The number of halogens is 1. The molecule has 0 aliphatic carbocycles. The zero-order valence-electron chi connectivity index (χ0n) is 17.6. The Morgan fingerprint density at radius 3 is 2.29 bits per heavy atom. The Bertz CT molecular complexity index is 992. The van der Waals surface area contributed by atoms with Gasteiger partial charge < -0.3 is 14.6 Å². The van der Waals surface area contributed by atoms with Crippen LogP contribution < -0.4 is 9.47 Å². The van der Waals surface area contributed by atoms with Crippen molar-refractivity contribution in [2.75, 3.05) is 20.1 Å². The van der Waals surface area contributed by atoms with Gasteiger partial charge in [0.15, 0.2) is 11.5 Å². The monoisotopic (exact) mass is 439 g/mol. The second-order valence-corrected chi connectivity index (χ2v) is 8.09. The Morgan fingerprint density at radius 1 is 0.968 bits per heavy atom. The van der Waals surface area contributed by atoms with Crippen molar-refractivity contribution in [1.82, 2.24) is 4.90 Å².